The molecule has 2 amide bonds. The van der Waals surface area contributed by atoms with Gasteiger partial charge >= 0.3 is 17.9 Å². The topological polar surface area (TPSA) is 206 Å². The van der Waals surface area contributed by atoms with Crippen molar-refractivity contribution in [2.75, 3.05) is 39.5 Å². The van der Waals surface area contributed by atoms with Gasteiger partial charge in [-0.15, -0.1) is 0 Å². The van der Waals surface area contributed by atoms with Crippen LogP contribution in [-0.4, -0.2) is 97.7 Å². The lowest BCUT2D eigenvalue weighted by atomic mass is 9.94. The van der Waals surface area contributed by atoms with Gasteiger partial charge in [0.25, 0.3) is 0 Å². The first-order valence-corrected chi connectivity index (χ1v) is 27.0. The highest BCUT2D eigenvalue weighted by Crippen LogP contribution is 2.84. The molecule has 19 heteroatoms. The van der Waals surface area contributed by atoms with E-state index in [4.69, 9.17) is 14.6 Å². The molecule has 2 aliphatic rings. The molecule has 2 heterocycles. The Morgan fingerprint density at radius 2 is 1.09 bits per heavy atom. The van der Waals surface area contributed by atoms with Crippen LogP contribution in [0.15, 0.2) is 0 Å². The highest BCUT2D eigenvalue weighted by molar-refractivity contribution is 9.14. The number of ether oxygens (including phenoxy) is 2. The quantitative estimate of drug-likeness (QED) is 0.0223. The average molecular weight is 917 g/mol. The van der Waals surface area contributed by atoms with E-state index in [1.165, 1.54) is 44.9 Å². The number of carbonyl (C=O) groups is 6. The Morgan fingerprint density at radius 1 is 0.544 bits per heavy atom. The summed E-state index contributed by atoms with van der Waals surface area (Å²) < 4.78 is 10.9. The highest BCUT2D eigenvalue weighted by Gasteiger charge is 2.53. The van der Waals surface area contributed by atoms with Gasteiger partial charge in [0, 0.05) is 38.8 Å². The number of amides is 2. The van der Waals surface area contributed by atoms with Gasteiger partial charge in [0.2, 0.25) is 11.8 Å². The molecule has 57 heavy (non-hydrogen) atoms. The van der Waals surface area contributed by atoms with E-state index in [0.717, 1.165) is 44.9 Å². The smallest absolute Gasteiger partial charge is 0.308 e. The zero-order valence-corrected chi connectivity index (χ0v) is 38.0. The number of hydrogen-bond donors (Lipinski definition) is 5. The Labute approximate surface area is 362 Å². The molecule has 2 saturated heterocycles. The third-order valence-corrected chi connectivity index (χ3v) is 23.3. The summed E-state index contributed by atoms with van der Waals surface area (Å²) in [5.74, 6) is -4.49. The van der Waals surface area contributed by atoms with E-state index >= 15 is 0 Å². The van der Waals surface area contributed by atoms with Gasteiger partial charge in [-0.2, -0.15) is 0 Å². The standard InChI is InChI=1S/C38H64N2O11S6/c41-30(17-13-11-9-7-5-3-1-2-4-6-8-10-12-14-19-34(44)45)27-29(35(46)47)20-21-32(42)40-23-24-50-25-26-51-28-33(43)39-22-16-15-18-31(36(48)49)37-52-54-38(55-53-37)56-57-38/h29,31,37H,1-28H2,(H,39,43)(H,40,42)(H,44,45)(H,46,47)(H,48,49)/t29-,31+/m1/s1. The lowest BCUT2D eigenvalue weighted by Gasteiger charge is -2.27. The first-order valence-electron chi connectivity index (χ1n) is 20.4. The molecule has 0 aromatic carbocycles. The van der Waals surface area contributed by atoms with Gasteiger partial charge in [-0.25, -0.2) is 0 Å². The number of Topliss-reactive ketones (excluding diaryl/α,β-unsaturated/α-hetero) is 1. The van der Waals surface area contributed by atoms with Crippen molar-refractivity contribution in [2.24, 2.45) is 11.8 Å². The van der Waals surface area contributed by atoms with Crippen LogP contribution >= 0.6 is 64.8 Å². The van der Waals surface area contributed by atoms with Crippen molar-refractivity contribution >= 4 is 100 Å². The van der Waals surface area contributed by atoms with Crippen LogP contribution in [0.5, 0.6) is 0 Å². The number of carboxylic acid groups (broad SMARTS) is 3. The van der Waals surface area contributed by atoms with Crippen molar-refractivity contribution in [3.63, 3.8) is 0 Å². The molecule has 0 saturated carbocycles. The van der Waals surface area contributed by atoms with Gasteiger partial charge < -0.3 is 35.4 Å². The fraction of sp³-hybridized carbons (Fsp3) is 0.842. The fourth-order valence-electron chi connectivity index (χ4n) is 6.06. The zero-order chi connectivity index (χ0) is 41.6. The SMILES string of the molecule is O=C(O)CCCCCCCCCCCCCCCCC(=O)C[C@@H](CCC(=O)NCCOCCOCC(=O)NCCCC[C@@H](C(=O)O)C1SSC2(SS1)SS2)C(=O)O. The molecule has 5 N–H and O–H groups in total. The lowest BCUT2D eigenvalue weighted by Crippen LogP contribution is -2.30. The number of unbranched alkanes of at least 4 members (excludes halogenated alkanes) is 14. The van der Waals surface area contributed by atoms with E-state index in [1.54, 1.807) is 43.2 Å². The van der Waals surface area contributed by atoms with Gasteiger partial charge in [0.1, 0.15) is 12.4 Å². The second-order valence-corrected chi connectivity index (χ2v) is 23.9. The summed E-state index contributed by atoms with van der Waals surface area (Å²) in [7, 11) is 10.5. The maximum absolute atomic E-state index is 12.4. The molecule has 0 bridgehead atoms. The van der Waals surface area contributed by atoms with E-state index in [-0.39, 0.29) is 83.6 Å². The normalized spacial score (nSPS) is 15.9. The Balaban J connectivity index is 1.35. The Kier molecular flexibility index (Phi) is 30.0. The molecular weight excluding hydrogens is 853 g/mol. The molecule has 0 aliphatic carbocycles. The Bertz CT molecular complexity index is 1190. The maximum Gasteiger partial charge on any atom is 0.308 e. The summed E-state index contributed by atoms with van der Waals surface area (Å²) in [6, 6.07) is 0. The molecule has 2 atom stereocenters. The summed E-state index contributed by atoms with van der Waals surface area (Å²) in [5, 5.41) is 33.4. The largest absolute Gasteiger partial charge is 0.481 e. The van der Waals surface area contributed by atoms with E-state index < -0.39 is 29.7 Å². The number of hydrogen-bond acceptors (Lipinski definition) is 14. The molecule has 0 unspecified atom stereocenters. The molecule has 2 fully saturated rings. The molecule has 1 spiro atoms. The van der Waals surface area contributed by atoms with Crippen LogP contribution in [0.25, 0.3) is 0 Å². The lowest BCUT2D eigenvalue weighted by molar-refractivity contribution is -0.144. The fourth-order valence-corrected chi connectivity index (χ4v) is 19.9. The first kappa shape index (κ1) is 52.2. The van der Waals surface area contributed by atoms with Crippen molar-refractivity contribution < 1.29 is 53.6 Å². The summed E-state index contributed by atoms with van der Waals surface area (Å²) >= 11 is 0. The van der Waals surface area contributed by atoms with Crippen molar-refractivity contribution in [3.05, 3.63) is 0 Å². The minimum absolute atomic E-state index is 0.00687. The van der Waals surface area contributed by atoms with Gasteiger partial charge in [0.15, 0.2) is 2.74 Å². The minimum atomic E-state index is -1.07. The third-order valence-electron chi connectivity index (χ3n) is 9.43. The van der Waals surface area contributed by atoms with Crippen LogP contribution < -0.4 is 10.6 Å². The van der Waals surface area contributed by atoms with Gasteiger partial charge in [0.05, 0.1) is 36.2 Å². The summed E-state index contributed by atoms with van der Waals surface area (Å²) in [6.45, 7) is 1.24. The van der Waals surface area contributed by atoms with Gasteiger partial charge in [-0.1, -0.05) is 127 Å². The van der Waals surface area contributed by atoms with E-state index in [1.807, 2.05) is 21.6 Å². The highest BCUT2D eigenvalue weighted by atomic mass is 33.2. The van der Waals surface area contributed by atoms with Crippen LogP contribution in [0.1, 0.15) is 141 Å². The molecule has 0 radical (unpaired) electrons. The number of nitrogens with one attached hydrogen (secondary N) is 2. The van der Waals surface area contributed by atoms with E-state index in [2.05, 4.69) is 10.6 Å². The molecule has 2 aliphatic heterocycles. The van der Waals surface area contributed by atoms with Crippen molar-refractivity contribution in [1.29, 1.82) is 0 Å². The molecular formula is C38H64N2O11S6. The Morgan fingerprint density at radius 3 is 1.63 bits per heavy atom. The second kappa shape index (κ2) is 32.8. The van der Waals surface area contributed by atoms with Crippen LogP contribution in [0.4, 0.5) is 0 Å². The average Bonchev–Trinajstić information content (AvgIpc) is 3.93. The van der Waals surface area contributed by atoms with Crippen LogP contribution in [0.3, 0.4) is 0 Å². The van der Waals surface area contributed by atoms with Crippen molar-refractivity contribution in [3.8, 4) is 0 Å². The van der Waals surface area contributed by atoms with Crippen LogP contribution in [-0.2, 0) is 38.2 Å². The number of carboxylic acids is 3. The predicted octanol–water partition coefficient (Wildman–Crippen LogP) is 9.00. The summed E-state index contributed by atoms with van der Waals surface area (Å²) in [6.07, 6.45) is 18.0. The molecule has 0 aromatic heterocycles. The summed E-state index contributed by atoms with van der Waals surface area (Å²) in [4.78, 5) is 70.7. The van der Waals surface area contributed by atoms with Crippen LogP contribution in [0.2, 0.25) is 0 Å². The van der Waals surface area contributed by atoms with Gasteiger partial charge in [-0.05, 0) is 53.7 Å². The van der Waals surface area contributed by atoms with E-state index in [0.29, 0.717) is 32.2 Å². The molecule has 328 valence electrons. The van der Waals surface area contributed by atoms with Crippen molar-refractivity contribution in [1.82, 2.24) is 10.6 Å². The number of rotatable bonds is 38. The number of carbonyl (C=O) groups excluding carboxylic acids is 3. The first-order chi connectivity index (χ1) is 27.5. The summed E-state index contributed by atoms with van der Waals surface area (Å²) in [5.41, 5.74) is 0. The number of aliphatic carboxylic acids is 3. The monoisotopic (exact) mass is 916 g/mol. The zero-order valence-electron chi connectivity index (χ0n) is 33.1. The maximum atomic E-state index is 12.4. The van der Waals surface area contributed by atoms with Gasteiger partial charge in [-0.3, -0.25) is 28.8 Å². The second-order valence-electron chi connectivity index (χ2n) is 14.4. The molecule has 13 nitrogen and oxygen atoms in total. The predicted molar refractivity (Wildman–Crippen MR) is 236 cm³/mol. The Hall–Kier alpha value is -0.960. The van der Waals surface area contributed by atoms with Crippen LogP contribution in [0, 0.1) is 11.8 Å². The molecule has 2 rings (SSSR count). The number of ketones is 1. The van der Waals surface area contributed by atoms with Crippen molar-refractivity contribution in [2.45, 2.75) is 149 Å². The molecule has 0 aromatic rings. The third kappa shape index (κ3) is 27.5. The minimum Gasteiger partial charge on any atom is -0.481 e. The van der Waals surface area contributed by atoms with E-state index in [9.17, 15) is 39.0 Å².